The minimum absolute atomic E-state index is 0.0721. The lowest BCUT2D eigenvalue weighted by molar-refractivity contribution is -0.145. The van der Waals surface area contributed by atoms with Crippen LogP contribution in [0.3, 0.4) is 0 Å². The van der Waals surface area contributed by atoms with Crippen molar-refractivity contribution < 1.29 is 9.53 Å². The fourth-order valence-corrected chi connectivity index (χ4v) is 3.04. The number of anilines is 1. The molecule has 7 heteroatoms. The number of carbonyl (C=O) groups excluding carboxylic acids is 1. The number of methoxy groups -OCH3 is 1. The van der Waals surface area contributed by atoms with Crippen LogP contribution in [0.4, 0.5) is 5.82 Å². The van der Waals surface area contributed by atoms with Crippen molar-refractivity contribution in [1.82, 2.24) is 14.8 Å². The molecule has 0 radical (unpaired) electrons. The molecule has 0 N–H and O–H groups in total. The van der Waals surface area contributed by atoms with Gasteiger partial charge < -0.3 is 9.64 Å². The molecule has 3 rings (SSSR count). The SMILES string of the molecule is COC(=O)[C@@H]1CN(c2ccc(=O)n(C)n2)C[C@H]1c1ccc(C)cn1. The zero-order valence-electron chi connectivity index (χ0n) is 14.0. The summed E-state index contributed by atoms with van der Waals surface area (Å²) in [4.78, 5) is 30.2. The summed E-state index contributed by atoms with van der Waals surface area (Å²) >= 11 is 0. The Bertz CT molecular complexity index is 800. The lowest BCUT2D eigenvalue weighted by Gasteiger charge is -2.17. The molecule has 24 heavy (non-hydrogen) atoms. The van der Waals surface area contributed by atoms with E-state index in [1.807, 2.05) is 24.0 Å². The summed E-state index contributed by atoms with van der Waals surface area (Å²) in [5.41, 5.74) is 1.77. The van der Waals surface area contributed by atoms with Gasteiger partial charge in [-0.1, -0.05) is 6.07 Å². The lowest BCUT2D eigenvalue weighted by Crippen LogP contribution is -2.27. The smallest absolute Gasteiger partial charge is 0.311 e. The van der Waals surface area contributed by atoms with Crippen LogP contribution in [0, 0.1) is 12.8 Å². The average Bonchev–Trinajstić information content (AvgIpc) is 3.02. The van der Waals surface area contributed by atoms with Gasteiger partial charge >= 0.3 is 5.97 Å². The molecule has 1 aliphatic rings. The Morgan fingerprint density at radius 1 is 1.25 bits per heavy atom. The molecule has 0 unspecified atom stereocenters. The second kappa shape index (κ2) is 6.43. The van der Waals surface area contributed by atoms with Crippen LogP contribution >= 0.6 is 0 Å². The van der Waals surface area contributed by atoms with E-state index in [0.29, 0.717) is 18.9 Å². The monoisotopic (exact) mass is 328 g/mol. The highest BCUT2D eigenvalue weighted by Gasteiger charge is 2.40. The number of pyridine rings is 1. The molecule has 0 aliphatic carbocycles. The maximum Gasteiger partial charge on any atom is 0.311 e. The van der Waals surface area contributed by atoms with Crippen LogP contribution in [0.1, 0.15) is 17.2 Å². The number of esters is 1. The highest BCUT2D eigenvalue weighted by atomic mass is 16.5. The van der Waals surface area contributed by atoms with Gasteiger partial charge in [0.1, 0.15) is 5.82 Å². The standard InChI is InChI=1S/C17H20N4O3/c1-11-4-5-14(18-8-11)12-9-21(10-13(12)17(23)24-3)15-6-7-16(22)20(2)19-15/h4-8,12-13H,9-10H2,1-3H3/t12-,13-/m1/s1. The van der Waals surface area contributed by atoms with Crippen LogP contribution in [-0.2, 0) is 16.6 Å². The Morgan fingerprint density at radius 2 is 2.04 bits per heavy atom. The van der Waals surface area contributed by atoms with Gasteiger partial charge in [0.2, 0.25) is 0 Å². The predicted octanol–water partition coefficient (Wildman–Crippen LogP) is 0.877. The molecule has 2 atom stereocenters. The summed E-state index contributed by atoms with van der Waals surface area (Å²) < 4.78 is 6.26. The fourth-order valence-electron chi connectivity index (χ4n) is 3.04. The van der Waals surface area contributed by atoms with Crippen LogP contribution in [0.25, 0.3) is 0 Å². The molecule has 0 saturated carbocycles. The van der Waals surface area contributed by atoms with Crippen molar-refractivity contribution in [3.05, 3.63) is 52.1 Å². The van der Waals surface area contributed by atoms with Gasteiger partial charge in [-0.05, 0) is 24.6 Å². The molecule has 1 fully saturated rings. The second-order valence-corrected chi connectivity index (χ2v) is 6.05. The van der Waals surface area contributed by atoms with Crippen molar-refractivity contribution in [2.45, 2.75) is 12.8 Å². The van der Waals surface area contributed by atoms with Crippen LogP contribution < -0.4 is 10.5 Å². The van der Waals surface area contributed by atoms with Gasteiger partial charge in [-0.15, -0.1) is 0 Å². The lowest BCUT2D eigenvalue weighted by atomic mass is 9.92. The third-order valence-electron chi connectivity index (χ3n) is 4.41. The van der Waals surface area contributed by atoms with Crippen molar-refractivity contribution in [2.75, 3.05) is 25.1 Å². The van der Waals surface area contributed by atoms with Gasteiger partial charge in [0, 0.05) is 44.0 Å². The van der Waals surface area contributed by atoms with E-state index in [9.17, 15) is 9.59 Å². The third kappa shape index (κ3) is 3.02. The molecular formula is C17H20N4O3. The predicted molar refractivity (Wildman–Crippen MR) is 88.9 cm³/mol. The van der Waals surface area contributed by atoms with Gasteiger partial charge in [0.15, 0.2) is 0 Å². The molecule has 3 heterocycles. The summed E-state index contributed by atoms with van der Waals surface area (Å²) in [6, 6.07) is 7.10. The van der Waals surface area contributed by atoms with Crippen LogP contribution in [0.2, 0.25) is 0 Å². The van der Waals surface area contributed by atoms with Gasteiger partial charge in [-0.25, -0.2) is 4.68 Å². The third-order valence-corrected chi connectivity index (χ3v) is 4.41. The molecular weight excluding hydrogens is 308 g/mol. The molecule has 7 nitrogen and oxygen atoms in total. The first kappa shape index (κ1) is 16.2. The number of hydrogen-bond donors (Lipinski definition) is 0. The molecule has 0 bridgehead atoms. The summed E-state index contributed by atoms with van der Waals surface area (Å²) in [6.07, 6.45) is 1.80. The van der Waals surface area contributed by atoms with Crippen LogP contribution in [0.5, 0.6) is 0 Å². The molecule has 2 aromatic heterocycles. The minimum Gasteiger partial charge on any atom is -0.469 e. The van der Waals surface area contributed by atoms with E-state index in [1.54, 1.807) is 19.3 Å². The van der Waals surface area contributed by atoms with E-state index >= 15 is 0 Å². The Morgan fingerprint density at radius 3 is 2.67 bits per heavy atom. The molecule has 2 aromatic rings. The van der Waals surface area contributed by atoms with Gasteiger partial charge in [-0.3, -0.25) is 14.6 Å². The number of carbonyl (C=O) groups is 1. The van der Waals surface area contributed by atoms with Crippen LogP contribution in [0.15, 0.2) is 35.3 Å². The first-order valence-corrected chi connectivity index (χ1v) is 7.79. The Hall–Kier alpha value is -2.70. The Kier molecular flexibility index (Phi) is 4.33. The molecule has 0 spiro atoms. The molecule has 1 aliphatic heterocycles. The fraction of sp³-hybridized carbons (Fsp3) is 0.412. The first-order chi connectivity index (χ1) is 11.5. The van der Waals surface area contributed by atoms with Crippen molar-refractivity contribution in [3.8, 4) is 0 Å². The Balaban J connectivity index is 1.92. The number of aryl methyl sites for hydroxylation is 2. The minimum atomic E-state index is -0.316. The molecule has 126 valence electrons. The number of nitrogens with zero attached hydrogens (tertiary/aromatic N) is 4. The van der Waals surface area contributed by atoms with E-state index in [4.69, 9.17) is 4.74 Å². The van der Waals surface area contributed by atoms with Gasteiger partial charge in [0.25, 0.3) is 5.56 Å². The zero-order chi connectivity index (χ0) is 17.3. The van der Waals surface area contributed by atoms with Gasteiger partial charge in [-0.2, -0.15) is 5.10 Å². The number of hydrogen-bond acceptors (Lipinski definition) is 6. The van der Waals surface area contributed by atoms with Crippen molar-refractivity contribution in [3.63, 3.8) is 0 Å². The normalized spacial score (nSPS) is 20.2. The van der Waals surface area contributed by atoms with Crippen LogP contribution in [-0.4, -0.2) is 40.9 Å². The topological polar surface area (TPSA) is 77.3 Å². The first-order valence-electron chi connectivity index (χ1n) is 7.79. The molecule has 1 saturated heterocycles. The largest absolute Gasteiger partial charge is 0.469 e. The highest BCUT2D eigenvalue weighted by molar-refractivity contribution is 5.75. The van der Waals surface area contributed by atoms with Crippen molar-refractivity contribution in [2.24, 2.45) is 13.0 Å². The van der Waals surface area contributed by atoms with Crippen molar-refractivity contribution in [1.29, 1.82) is 0 Å². The van der Waals surface area contributed by atoms with E-state index in [2.05, 4.69) is 10.1 Å². The van der Waals surface area contributed by atoms with E-state index in [0.717, 1.165) is 11.3 Å². The quantitative estimate of drug-likeness (QED) is 0.778. The summed E-state index contributed by atoms with van der Waals surface area (Å²) in [5, 5.41) is 4.27. The highest BCUT2D eigenvalue weighted by Crippen LogP contribution is 2.34. The van der Waals surface area contributed by atoms with E-state index in [1.165, 1.54) is 17.9 Å². The average molecular weight is 328 g/mol. The van der Waals surface area contributed by atoms with Crippen molar-refractivity contribution >= 4 is 11.8 Å². The maximum absolute atomic E-state index is 12.2. The van der Waals surface area contributed by atoms with Gasteiger partial charge in [0.05, 0.1) is 13.0 Å². The Labute approximate surface area is 139 Å². The molecule has 0 amide bonds. The molecule has 0 aromatic carbocycles. The summed E-state index contributed by atoms with van der Waals surface area (Å²) in [6.45, 7) is 3.06. The zero-order valence-corrected chi connectivity index (χ0v) is 14.0. The number of rotatable bonds is 3. The summed E-state index contributed by atoms with van der Waals surface area (Å²) in [7, 11) is 3.01. The summed E-state index contributed by atoms with van der Waals surface area (Å²) in [5.74, 6) is 0.0247. The van der Waals surface area contributed by atoms with E-state index < -0.39 is 0 Å². The number of ether oxygens (including phenoxy) is 1. The maximum atomic E-state index is 12.2. The number of aromatic nitrogens is 3. The second-order valence-electron chi connectivity index (χ2n) is 6.05. The van der Waals surface area contributed by atoms with E-state index in [-0.39, 0.29) is 23.4 Å².